The molecule has 1 saturated heterocycles. The van der Waals surface area contributed by atoms with Gasteiger partial charge < -0.3 is 15.4 Å². The van der Waals surface area contributed by atoms with Crippen molar-refractivity contribution in [2.24, 2.45) is 0 Å². The zero-order valence-electron chi connectivity index (χ0n) is 19.1. The van der Waals surface area contributed by atoms with Crippen molar-refractivity contribution in [2.45, 2.75) is 37.8 Å². The Kier molecular flexibility index (Phi) is 5.07. The largest absolute Gasteiger partial charge is 0.492 e. The number of hydrogen-bond donors (Lipinski definition) is 3. The van der Waals surface area contributed by atoms with Crippen molar-refractivity contribution in [1.29, 1.82) is 0 Å². The Morgan fingerprint density at radius 3 is 2.79 bits per heavy atom. The Balaban J connectivity index is 1.31. The first kappa shape index (κ1) is 20.9. The molecule has 7 heteroatoms. The van der Waals surface area contributed by atoms with Gasteiger partial charge in [-0.25, -0.2) is 0 Å². The van der Waals surface area contributed by atoms with Gasteiger partial charge in [-0.05, 0) is 80.3 Å². The summed E-state index contributed by atoms with van der Waals surface area (Å²) in [6, 6.07) is 16.3. The van der Waals surface area contributed by atoms with Crippen LogP contribution in [0.5, 0.6) is 5.75 Å². The second kappa shape index (κ2) is 8.25. The highest BCUT2D eigenvalue weighted by molar-refractivity contribution is 5.98. The van der Waals surface area contributed by atoms with Gasteiger partial charge in [-0.1, -0.05) is 12.1 Å². The summed E-state index contributed by atoms with van der Waals surface area (Å²) in [7, 11) is 0. The van der Waals surface area contributed by atoms with E-state index in [9.17, 15) is 4.79 Å². The smallest absolute Gasteiger partial charge is 0.252 e. The van der Waals surface area contributed by atoms with Gasteiger partial charge >= 0.3 is 0 Å². The van der Waals surface area contributed by atoms with Gasteiger partial charge in [-0.15, -0.1) is 0 Å². The minimum Gasteiger partial charge on any atom is -0.492 e. The molecule has 2 aliphatic rings. The van der Waals surface area contributed by atoms with Gasteiger partial charge in [0.15, 0.2) is 0 Å². The second-order valence-corrected chi connectivity index (χ2v) is 9.33. The Labute approximate surface area is 197 Å². The van der Waals surface area contributed by atoms with Crippen molar-refractivity contribution in [2.75, 3.05) is 13.2 Å². The first-order valence-corrected chi connectivity index (χ1v) is 11.8. The number of nitrogens with zero attached hydrogens (tertiary/aromatic N) is 2. The summed E-state index contributed by atoms with van der Waals surface area (Å²) >= 11 is 0. The van der Waals surface area contributed by atoms with E-state index in [1.807, 2.05) is 37.3 Å². The van der Waals surface area contributed by atoms with Crippen LogP contribution in [0.15, 0.2) is 60.9 Å². The third-order valence-corrected chi connectivity index (χ3v) is 6.98. The fourth-order valence-electron chi connectivity index (χ4n) is 4.64. The second-order valence-electron chi connectivity index (χ2n) is 9.33. The average molecular weight is 454 g/mol. The van der Waals surface area contributed by atoms with E-state index >= 15 is 0 Å². The predicted octanol–water partition coefficient (Wildman–Crippen LogP) is 4.09. The highest BCUT2D eigenvalue weighted by Gasteiger charge is 2.47. The first-order valence-electron chi connectivity index (χ1n) is 11.8. The van der Waals surface area contributed by atoms with Crippen molar-refractivity contribution in [3.63, 3.8) is 0 Å². The van der Waals surface area contributed by atoms with Crippen molar-refractivity contribution >= 4 is 16.8 Å². The summed E-state index contributed by atoms with van der Waals surface area (Å²) in [5.41, 5.74) is 5.11. The summed E-state index contributed by atoms with van der Waals surface area (Å²) in [4.78, 5) is 18.1. The number of benzene rings is 2. The number of H-pyrrole nitrogens is 1. The molecule has 3 heterocycles. The summed E-state index contributed by atoms with van der Waals surface area (Å²) in [5.74, 6) is 0.649. The summed E-state index contributed by atoms with van der Waals surface area (Å²) in [5, 5.41) is 14.9. The molecule has 1 aliphatic heterocycles. The zero-order valence-corrected chi connectivity index (χ0v) is 19.1. The summed E-state index contributed by atoms with van der Waals surface area (Å²) < 4.78 is 5.94. The molecule has 172 valence electrons. The van der Waals surface area contributed by atoms with E-state index in [1.165, 1.54) is 0 Å². The number of aromatic nitrogens is 3. The molecule has 3 N–H and O–H groups in total. The molecular weight excluding hydrogens is 426 g/mol. The summed E-state index contributed by atoms with van der Waals surface area (Å²) in [6.07, 6.45) is 6.44. The molecule has 2 fully saturated rings. The van der Waals surface area contributed by atoms with E-state index < -0.39 is 5.54 Å². The Bertz CT molecular complexity index is 1360. The molecule has 7 nitrogen and oxygen atoms in total. The molecule has 6 rings (SSSR count). The number of rotatable bonds is 7. The van der Waals surface area contributed by atoms with Gasteiger partial charge in [0.25, 0.3) is 5.91 Å². The lowest BCUT2D eigenvalue weighted by Gasteiger charge is -2.27. The van der Waals surface area contributed by atoms with Crippen LogP contribution in [0.25, 0.3) is 22.2 Å². The molecule has 34 heavy (non-hydrogen) atoms. The van der Waals surface area contributed by atoms with E-state index in [1.54, 1.807) is 12.4 Å². The molecule has 0 spiro atoms. The normalized spacial score (nSPS) is 18.3. The van der Waals surface area contributed by atoms with E-state index in [4.69, 9.17) is 4.74 Å². The quantitative estimate of drug-likeness (QED) is 0.392. The van der Waals surface area contributed by atoms with Gasteiger partial charge in [0.05, 0.1) is 16.7 Å². The molecule has 1 amide bonds. The first-order chi connectivity index (χ1) is 16.6. The van der Waals surface area contributed by atoms with E-state index in [-0.39, 0.29) is 5.91 Å². The van der Waals surface area contributed by atoms with Crippen LogP contribution in [0.4, 0.5) is 0 Å². The lowest BCUT2D eigenvalue weighted by atomic mass is 9.95. The average Bonchev–Trinajstić information content (AvgIpc) is 3.37. The number of carbonyl (C=O) groups is 1. The number of ether oxygens (including phenoxy) is 1. The van der Waals surface area contributed by atoms with Crippen LogP contribution in [0.3, 0.4) is 0 Å². The van der Waals surface area contributed by atoms with Gasteiger partial charge in [-0.3, -0.25) is 14.9 Å². The van der Waals surface area contributed by atoms with E-state index in [2.05, 4.69) is 44.0 Å². The predicted molar refractivity (Wildman–Crippen MR) is 131 cm³/mol. The van der Waals surface area contributed by atoms with Crippen LogP contribution in [-0.4, -0.2) is 40.3 Å². The van der Waals surface area contributed by atoms with Crippen LogP contribution in [-0.2, 0) is 5.54 Å². The number of aryl methyl sites for hydroxylation is 1. The number of carbonyl (C=O) groups excluding carboxylic acids is 1. The number of pyridine rings is 1. The van der Waals surface area contributed by atoms with Gasteiger partial charge in [0.2, 0.25) is 0 Å². The fourth-order valence-corrected chi connectivity index (χ4v) is 4.64. The van der Waals surface area contributed by atoms with Crippen LogP contribution >= 0.6 is 0 Å². The molecule has 4 aromatic rings. The lowest BCUT2D eigenvalue weighted by Crippen LogP contribution is -2.46. The van der Waals surface area contributed by atoms with Crippen LogP contribution < -0.4 is 15.4 Å². The maximum atomic E-state index is 13.5. The number of hydrogen-bond acceptors (Lipinski definition) is 5. The van der Waals surface area contributed by atoms with Crippen molar-refractivity contribution in [3.8, 4) is 17.0 Å². The topological polar surface area (TPSA) is 91.9 Å². The Morgan fingerprint density at radius 2 is 2.06 bits per heavy atom. The van der Waals surface area contributed by atoms with Gasteiger partial charge in [0.1, 0.15) is 12.4 Å². The molecule has 1 saturated carbocycles. The van der Waals surface area contributed by atoms with Gasteiger partial charge in [-0.2, -0.15) is 5.10 Å². The van der Waals surface area contributed by atoms with Crippen molar-refractivity contribution in [3.05, 3.63) is 77.6 Å². The van der Waals surface area contributed by atoms with Crippen LogP contribution in [0, 0.1) is 6.92 Å². The maximum Gasteiger partial charge on any atom is 0.252 e. The molecule has 0 radical (unpaired) electrons. The highest BCUT2D eigenvalue weighted by atomic mass is 16.5. The molecular formula is C27H27N5O2. The van der Waals surface area contributed by atoms with Gasteiger partial charge in [0, 0.05) is 34.9 Å². The van der Waals surface area contributed by atoms with Crippen molar-refractivity contribution in [1.82, 2.24) is 25.8 Å². The maximum absolute atomic E-state index is 13.5. The standard InChI is InChI=1S/C27H27N5O2/c1-17-4-5-20(34-16-19-6-11-28-19)15-22(17)26(33)31-27(8-9-27)23-13-18(24-7-12-30-32-24)14-25-21(23)3-2-10-29-25/h2-5,7,10,12-15,19,28H,6,8-9,11,16H2,1H3,(H,30,32)(H,31,33). The molecule has 1 atom stereocenters. The number of nitrogens with one attached hydrogen (secondary N) is 3. The van der Waals surface area contributed by atoms with E-state index in [0.717, 1.165) is 64.8 Å². The van der Waals surface area contributed by atoms with Crippen molar-refractivity contribution < 1.29 is 9.53 Å². The summed E-state index contributed by atoms with van der Waals surface area (Å²) in [6.45, 7) is 3.63. The number of aromatic amines is 1. The molecule has 1 aliphatic carbocycles. The van der Waals surface area contributed by atoms with E-state index in [0.29, 0.717) is 18.2 Å². The third-order valence-electron chi connectivity index (χ3n) is 6.98. The number of amides is 1. The Hall–Kier alpha value is -3.71. The number of fused-ring (bicyclic) bond motifs is 1. The molecule has 0 bridgehead atoms. The fraction of sp³-hybridized carbons (Fsp3) is 0.296. The van der Waals surface area contributed by atoms with Crippen LogP contribution in [0.2, 0.25) is 0 Å². The minimum atomic E-state index is -0.409. The zero-order chi connectivity index (χ0) is 23.1. The molecule has 2 aromatic carbocycles. The molecule has 2 aromatic heterocycles. The SMILES string of the molecule is Cc1ccc(OCC2CCN2)cc1C(=O)NC1(c2cc(-c3ccn[nH]3)cc3ncccc23)CC1. The molecule has 1 unspecified atom stereocenters. The lowest BCUT2D eigenvalue weighted by molar-refractivity contribution is 0.0930. The monoisotopic (exact) mass is 453 g/mol. The minimum absolute atomic E-state index is 0.0776. The highest BCUT2D eigenvalue weighted by Crippen LogP contribution is 2.49. The van der Waals surface area contributed by atoms with Crippen LogP contribution in [0.1, 0.15) is 40.7 Å². The Morgan fingerprint density at radius 1 is 1.18 bits per heavy atom. The third kappa shape index (κ3) is 3.82.